The first-order valence-corrected chi connectivity index (χ1v) is 6.89. The van der Waals surface area contributed by atoms with E-state index >= 15 is 0 Å². The van der Waals surface area contributed by atoms with Crippen LogP contribution < -0.4 is 0 Å². The van der Waals surface area contributed by atoms with E-state index in [0.29, 0.717) is 5.39 Å². The molecule has 3 rings (SSSR count). The van der Waals surface area contributed by atoms with Crippen molar-refractivity contribution in [3.8, 4) is 0 Å². The van der Waals surface area contributed by atoms with Gasteiger partial charge in [-0.2, -0.15) is 0 Å². The van der Waals surface area contributed by atoms with Gasteiger partial charge in [-0.05, 0) is 23.6 Å². The zero-order chi connectivity index (χ0) is 15.0. The van der Waals surface area contributed by atoms with Crippen LogP contribution in [0.1, 0.15) is 15.9 Å². The van der Waals surface area contributed by atoms with Gasteiger partial charge in [0.2, 0.25) is 0 Å². The number of carbonyl (C=O) groups excluding carboxylic acids is 1. The molecule has 1 heterocycles. The lowest BCUT2D eigenvalue weighted by atomic mass is 9.97. The fourth-order valence-electron chi connectivity index (χ4n) is 2.21. The van der Waals surface area contributed by atoms with E-state index in [9.17, 15) is 13.6 Å². The van der Waals surface area contributed by atoms with Gasteiger partial charge in [-0.15, -0.1) is 0 Å². The molecule has 0 amide bonds. The molecule has 0 radical (unpaired) electrons. The second-order valence-electron chi connectivity index (χ2n) is 4.48. The number of rotatable bonds is 2. The Morgan fingerprint density at radius 1 is 1.10 bits per heavy atom. The van der Waals surface area contributed by atoms with E-state index in [1.54, 1.807) is 30.5 Å². The summed E-state index contributed by atoms with van der Waals surface area (Å²) >= 11 is 2.99. The fraction of sp³-hybridized carbons (Fsp3) is 0. The minimum absolute atomic E-state index is 0.245. The van der Waals surface area contributed by atoms with Gasteiger partial charge in [0, 0.05) is 27.8 Å². The Labute approximate surface area is 127 Å². The smallest absolute Gasteiger partial charge is 0.199 e. The maximum atomic E-state index is 13.9. The molecular weight excluding hydrogens is 340 g/mol. The first-order chi connectivity index (χ1) is 10.1. The van der Waals surface area contributed by atoms with E-state index in [-0.39, 0.29) is 10.0 Å². The molecule has 0 unspecified atom stereocenters. The van der Waals surface area contributed by atoms with Gasteiger partial charge in [0.1, 0.15) is 11.6 Å². The van der Waals surface area contributed by atoms with Crippen LogP contribution in [-0.4, -0.2) is 10.8 Å². The monoisotopic (exact) mass is 347 g/mol. The zero-order valence-electron chi connectivity index (χ0n) is 10.6. The molecule has 2 aromatic carbocycles. The third kappa shape index (κ3) is 2.45. The van der Waals surface area contributed by atoms with Crippen molar-refractivity contribution in [3.63, 3.8) is 0 Å². The average Bonchev–Trinajstić information content (AvgIpc) is 2.45. The van der Waals surface area contributed by atoms with E-state index < -0.39 is 23.0 Å². The van der Waals surface area contributed by atoms with Crippen molar-refractivity contribution in [1.82, 2.24) is 4.98 Å². The molecule has 0 fully saturated rings. The van der Waals surface area contributed by atoms with Crippen molar-refractivity contribution in [2.75, 3.05) is 0 Å². The normalized spacial score (nSPS) is 10.8. The second kappa shape index (κ2) is 5.33. The third-order valence-electron chi connectivity index (χ3n) is 3.16. The SMILES string of the molecule is O=C(c1c(F)cc(Br)cc1F)c1cccc2cnccc12. The summed E-state index contributed by atoms with van der Waals surface area (Å²) in [7, 11) is 0. The van der Waals surface area contributed by atoms with Crippen LogP contribution in [0.15, 0.2) is 53.3 Å². The molecule has 1 aromatic heterocycles. The van der Waals surface area contributed by atoms with E-state index in [2.05, 4.69) is 20.9 Å². The number of hydrogen-bond acceptors (Lipinski definition) is 2. The molecule has 0 aliphatic heterocycles. The summed E-state index contributed by atoms with van der Waals surface area (Å²) in [4.78, 5) is 16.5. The summed E-state index contributed by atoms with van der Waals surface area (Å²) in [5, 5.41) is 1.35. The molecule has 0 aliphatic rings. The summed E-state index contributed by atoms with van der Waals surface area (Å²) in [6.45, 7) is 0. The van der Waals surface area contributed by atoms with Crippen LogP contribution in [0.2, 0.25) is 0 Å². The quantitative estimate of drug-likeness (QED) is 0.638. The highest BCUT2D eigenvalue weighted by Gasteiger charge is 2.21. The first kappa shape index (κ1) is 13.8. The molecule has 3 aromatic rings. The van der Waals surface area contributed by atoms with Gasteiger partial charge in [0.15, 0.2) is 5.78 Å². The minimum Gasteiger partial charge on any atom is -0.288 e. The Kier molecular flexibility index (Phi) is 3.51. The van der Waals surface area contributed by atoms with Gasteiger partial charge in [0.05, 0.1) is 5.56 Å². The van der Waals surface area contributed by atoms with Crippen molar-refractivity contribution < 1.29 is 13.6 Å². The molecule has 0 atom stereocenters. The molecule has 5 heteroatoms. The van der Waals surface area contributed by atoms with Gasteiger partial charge in [-0.3, -0.25) is 9.78 Å². The molecule has 104 valence electrons. The largest absolute Gasteiger partial charge is 0.288 e. The number of fused-ring (bicyclic) bond motifs is 1. The van der Waals surface area contributed by atoms with Crippen LogP contribution in [0.4, 0.5) is 8.78 Å². The first-order valence-electron chi connectivity index (χ1n) is 6.10. The predicted molar refractivity (Wildman–Crippen MR) is 79.2 cm³/mol. The molecule has 0 saturated heterocycles. The maximum Gasteiger partial charge on any atom is 0.199 e. The number of aromatic nitrogens is 1. The number of nitrogens with zero attached hydrogens (tertiary/aromatic N) is 1. The van der Waals surface area contributed by atoms with Crippen LogP contribution in [0, 0.1) is 11.6 Å². The fourth-order valence-corrected chi connectivity index (χ4v) is 2.62. The van der Waals surface area contributed by atoms with Crippen molar-refractivity contribution in [2.45, 2.75) is 0 Å². The third-order valence-corrected chi connectivity index (χ3v) is 3.62. The number of benzene rings is 2. The average molecular weight is 348 g/mol. The molecule has 0 bridgehead atoms. The van der Waals surface area contributed by atoms with Crippen LogP contribution >= 0.6 is 15.9 Å². The molecular formula is C16H8BrF2NO. The molecule has 21 heavy (non-hydrogen) atoms. The van der Waals surface area contributed by atoms with Crippen LogP contribution in [0.3, 0.4) is 0 Å². The second-order valence-corrected chi connectivity index (χ2v) is 5.39. The number of pyridine rings is 1. The van der Waals surface area contributed by atoms with Gasteiger partial charge in [-0.1, -0.05) is 34.1 Å². The lowest BCUT2D eigenvalue weighted by molar-refractivity contribution is 0.103. The Morgan fingerprint density at radius 2 is 1.81 bits per heavy atom. The lowest BCUT2D eigenvalue weighted by Crippen LogP contribution is -2.08. The number of halogens is 3. The highest BCUT2D eigenvalue weighted by Crippen LogP contribution is 2.25. The number of hydrogen-bond donors (Lipinski definition) is 0. The predicted octanol–water partition coefficient (Wildman–Crippen LogP) is 4.51. The Bertz CT molecular complexity index is 836. The van der Waals surface area contributed by atoms with Gasteiger partial charge in [0.25, 0.3) is 0 Å². The summed E-state index contributed by atoms with van der Waals surface area (Å²) in [6.07, 6.45) is 3.13. The van der Waals surface area contributed by atoms with Gasteiger partial charge < -0.3 is 0 Å². The van der Waals surface area contributed by atoms with Crippen molar-refractivity contribution in [2.24, 2.45) is 0 Å². The van der Waals surface area contributed by atoms with E-state index in [1.165, 1.54) is 6.20 Å². The van der Waals surface area contributed by atoms with Crippen molar-refractivity contribution in [1.29, 1.82) is 0 Å². The minimum atomic E-state index is -0.891. The van der Waals surface area contributed by atoms with Crippen molar-refractivity contribution in [3.05, 3.63) is 76.0 Å². The van der Waals surface area contributed by atoms with Gasteiger partial charge in [-0.25, -0.2) is 8.78 Å². The van der Waals surface area contributed by atoms with E-state index in [1.807, 2.05) is 0 Å². The Morgan fingerprint density at radius 3 is 2.52 bits per heavy atom. The zero-order valence-corrected chi connectivity index (χ0v) is 12.2. The maximum absolute atomic E-state index is 13.9. The summed E-state index contributed by atoms with van der Waals surface area (Å²) in [5.74, 6) is -2.47. The molecule has 0 N–H and O–H groups in total. The van der Waals surface area contributed by atoms with Crippen molar-refractivity contribution >= 4 is 32.5 Å². The molecule has 0 saturated carbocycles. The highest BCUT2D eigenvalue weighted by molar-refractivity contribution is 9.10. The number of carbonyl (C=O) groups is 1. The highest BCUT2D eigenvalue weighted by atomic mass is 79.9. The Balaban J connectivity index is 2.22. The standard InChI is InChI=1S/C16H8BrF2NO/c17-10-6-13(18)15(14(19)7-10)16(21)12-3-1-2-9-8-20-5-4-11(9)12/h1-8H. The van der Waals surface area contributed by atoms with Crippen LogP contribution in [0.5, 0.6) is 0 Å². The van der Waals surface area contributed by atoms with Crippen LogP contribution in [-0.2, 0) is 0 Å². The van der Waals surface area contributed by atoms with E-state index in [4.69, 9.17) is 0 Å². The summed E-state index contributed by atoms with van der Waals surface area (Å²) in [5.41, 5.74) is -0.308. The molecule has 0 spiro atoms. The number of ketones is 1. The summed E-state index contributed by atoms with van der Waals surface area (Å²) < 4.78 is 28.1. The van der Waals surface area contributed by atoms with Crippen LogP contribution in [0.25, 0.3) is 10.8 Å². The summed E-state index contributed by atoms with van der Waals surface area (Å²) in [6, 6.07) is 8.79. The van der Waals surface area contributed by atoms with E-state index in [0.717, 1.165) is 17.5 Å². The van der Waals surface area contributed by atoms with Gasteiger partial charge >= 0.3 is 0 Å². The molecule has 2 nitrogen and oxygen atoms in total. The lowest BCUT2D eigenvalue weighted by Gasteiger charge is -2.08. The topological polar surface area (TPSA) is 30.0 Å². The molecule has 0 aliphatic carbocycles. The Hall–Kier alpha value is -2.14.